The van der Waals surface area contributed by atoms with E-state index in [1.165, 1.54) is 0 Å². The molecule has 0 saturated carbocycles. The Balaban J connectivity index is 3.60. The lowest BCUT2D eigenvalue weighted by Gasteiger charge is -1.97. The van der Waals surface area contributed by atoms with E-state index in [-0.39, 0.29) is 5.56 Å². The fourth-order valence-corrected chi connectivity index (χ4v) is 1.51. The molecule has 3 nitrogen and oxygen atoms in total. The van der Waals surface area contributed by atoms with Gasteiger partial charge in [0.25, 0.3) is 5.56 Å². The molecule has 1 heterocycles. The van der Waals surface area contributed by atoms with E-state index in [2.05, 4.69) is 4.98 Å². The number of hydrogen-bond acceptors (Lipinski definition) is 2. The Bertz CT molecular complexity index is 538. The number of pyridine rings is 1. The highest BCUT2D eigenvalue weighted by Gasteiger charge is 1.95. The summed E-state index contributed by atoms with van der Waals surface area (Å²) in [5.74, 6) is 0. The van der Waals surface area contributed by atoms with Crippen LogP contribution in [-0.4, -0.2) is 4.98 Å². The van der Waals surface area contributed by atoms with E-state index < -0.39 is 0 Å². The molecule has 0 aliphatic carbocycles. The molecule has 1 rings (SSSR count). The number of hydrogen-bond donors (Lipinski definition) is 2. The Morgan fingerprint density at radius 1 is 1.50 bits per heavy atom. The van der Waals surface area contributed by atoms with Gasteiger partial charge in [0.05, 0.1) is 0 Å². The standard InChI is InChI=1S/C13H18N2O/c1-3-5-7-10-8-11(9-14)15-13(16)12(10)6-4-2/h3,5-8H,4,9,14H2,1-2H3,(H,15,16)/b5-3-,10-7-,12-6+. The minimum absolute atomic E-state index is 0.0689. The molecule has 0 spiro atoms. The molecule has 3 heteroatoms. The van der Waals surface area contributed by atoms with Crippen LogP contribution in [0.15, 0.2) is 23.0 Å². The second-order valence-electron chi connectivity index (χ2n) is 3.50. The Labute approximate surface area is 95.0 Å². The van der Waals surface area contributed by atoms with Gasteiger partial charge in [-0.25, -0.2) is 0 Å². The number of aromatic amines is 1. The lowest BCUT2D eigenvalue weighted by molar-refractivity contribution is 0.959. The van der Waals surface area contributed by atoms with E-state index in [9.17, 15) is 4.79 Å². The van der Waals surface area contributed by atoms with Gasteiger partial charge in [-0.1, -0.05) is 31.2 Å². The van der Waals surface area contributed by atoms with Crippen LogP contribution in [0.25, 0.3) is 12.2 Å². The van der Waals surface area contributed by atoms with Crippen molar-refractivity contribution in [2.24, 2.45) is 5.73 Å². The van der Waals surface area contributed by atoms with Crippen LogP contribution < -0.4 is 21.7 Å². The number of nitrogens with two attached hydrogens (primary N) is 1. The average Bonchev–Trinajstić information content (AvgIpc) is 2.29. The third-order valence-electron chi connectivity index (χ3n) is 2.26. The molecular formula is C13H18N2O. The van der Waals surface area contributed by atoms with E-state index >= 15 is 0 Å². The first kappa shape index (κ1) is 12.5. The molecule has 0 radical (unpaired) electrons. The van der Waals surface area contributed by atoms with Crippen LogP contribution in [0.3, 0.4) is 0 Å². The molecule has 0 unspecified atom stereocenters. The van der Waals surface area contributed by atoms with Crippen LogP contribution in [0.4, 0.5) is 0 Å². The maximum Gasteiger partial charge on any atom is 0.255 e. The zero-order valence-corrected chi connectivity index (χ0v) is 9.79. The fourth-order valence-electron chi connectivity index (χ4n) is 1.51. The fraction of sp³-hybridized carbons (Fsp3) is 0.308. The monoisotopic (exact) mass is 218 g/mol. The van der Waals surface area contributed by atoms with Crippen molar-refractivity contribution >= 4 is 12.2 Å². The highest BCUT2D eigenvalue weighted by Crippen LogP contribution is 1.81. The Hall–Kier alpha value is -1.61. The highest BCUT2D eigenvalue weighted by atomic mass is 16.1. The van der Waals surface area contributed by atoms with Crippen LogP contribution in [0, 0.1) is 0 Å². The maximum atomic E-state index is 11.8. The molecule has 1 aromatic rings. The molecule has 0 saturated heterocycles. The average molecular weight is 218 g/mol. The van der Waals surface area contributed by atoms with Gasteiger partial charge in [0.15, 0.2) is 0 Å². The third kappa shape index (κ3) is 2.94. The van der Waals surface area contributed by atoms with Crippen molar-refractivity contribution in [1.29, 1.82) is 0 Å². The van der Waals surface area contributed by atoms with Crippen molar-refractivity contribution in [3.63, 3.8) is 0 Å². The van der Waals surface area contributed by atoms with Crippen LogP contribution in [-0.2, 0) is 6.54 Å². The van der Waals surface area contributed by atoms with Crippen LogP contribution >= 0.6 is 0 Å². The Kier molecular flexibility index (Phi) is 4.73. The van der Waals surface area contributed by atoms with Crippen molar-refractivity contribution in [2.45, 2.75) is 26.8 Å². The summed E-state index contributed by atoms with van der Waals surface area (Å²) in [4.78, 5) is 14.6. The second kappa shape index (κ2) is 6.08. The predicted molar refractivity (Wildman–Crippen MR) is 68.2 cm³/mol. The molecule has 0 bridgehead atoms. The maximum absolute atomic E-state index is 11.8. The van der Waals surface area contributed by atoms with Gasteiger partial charge in [-0.2, -0.15) is 0 Å². The van der Waals surface area contributed by atoms with Crippen molar-refractivity contribution in [3.8, 4) is 0 Å². The molecular weight excluding hydrogens is 200 g/mol. The Morgan fingerprint density at radius 2 is 2.25 bits per heavy atom. The zero-order valence-electron chi connectivity index (χ0n) is 9.79. The molecule has 86 valence electrons. The van der Waals surface area contributed by atoms with Crippen molar-refractivity contribution in [2.75, 3.05) is 0 Å². The van der Waals surface area contributed by atoms with Gasteiger partial charge < -0.3 is 10.7 Å². The van der Waals surface area contributed by atoms with Crippen molar-refractivity contribution in [3.05, 3.63) is 44.7 Å². The topological polar surface area (TPSA) is 58.9 Å². The summed E-state index contributed by atoms with van der Waals surface area (Å²) in [5.41, 5.74) is 6.22. The van der Waals surface area contributed by atoms with E-state index in [4.69, 9.17) is 5.73 Å². The molecule has 16 heavy (non-hydrogen) atoms. The van der Waals surface area contributed by atoms with Gasteiger partial charge in [0.2, 0.25) is 0 Å². The first-order chi connectivity index (χ1) is 7.72. The van der Waals surface area contributed by atoms with Crippen LogP contribution in [0.1, 0.15) is 26.0 Å². The normalized spacial score (nSPS) is 13.9. The van der Waals surface area contributed by atoms with Crippen LogP contribution in [0.2, 0.25) is 0 Å². The van der Waals surface area contributed by atoms with Crippen molar-refractivity contribution in [1.82, 2.24) is 4.98 Å². The number of aromatic nitrogens is 1. The molecule has 0 aliphatic rings. The van der Waals surface area contributed by atoms with Gasteiger partial charge in [0, 0.05) is 17.5 Å². The summed E-state index contributed by atoms with van der Waals surface area (Å²) in [6, 6.07) is 1.92. The first-order valence-corrected chi connectivity index (χ1v) is 5.48. The lowest BCUT2D eigenvalue weighted by Crippen LogP contribution is -2.41. The summed E-state index contributed by atoms with van der Waals surface area (Å²) in [7, 11) is 0. The predicted octanol–water partition coefficient (Wildman–Crippen LogP) is 0.381. The summed E-state index contributed by atoms with van der Waals surface area (Å²) in [6.07, 6.45) is 8.53. The van der Waals surface area contributed by atoms with Gasteiger partial charge in [-0.05, 0) is 24.6 Å². The smallest absolute Gasteiger partial charge is 0.255 e. The van der Waals surface area contributed by atoms with E-state index in [0.29, 0.717) is 6.54 Å². The number of nitrogens with one attached hydrogen (secondary N) is 1. The summed E-state index contributed by atoms with van der Waals surface area (Å²) in [6.45, 7) is 4.30. The molecule has 0 fully saturated rings. The van der Waals surface area contributed by atoms with Crippen LogP contribution in [0.5, 0.6) is 0 Å². The minimum atomic E-state index is -0.0689. The number of allylic oxidation sites excluding steroid dienone is 2. The molecule has 3 N–H and O–H groups in total. The summed E-state index contributed by atoms with van der Waals surface area (Å²) >= 11 is 0. The lowest BCUT2D eigenvalue weighted by atomic mass is 10.2. The SMILES string of the molecule is C\C=C/C=c1/cc(CN)[nH]c(=O)/c1=C/CC. The quantitative estimate of drug-likeness (QED) is 0.770. The van der Waals surface area contributed by atoms with E-state index in [1.54, 1.807) is 0 Å². The molecule has 0 atom stereocenters. The zero-order chi connectivity index (χ0) is 12.0. The van der Waals surface area contributed by atoms with E-state index in [0.717, 1.165) is 22.6 Å². The molecule has 0 aliphatic heterocycles. The van der Waals surface area contributed by atoms with Crippen molar-refractivity contribution < 1.29 is 0 Å². The summed E-state index contributed by atoms with van der Waals surface area (Å²) < 4.78 is 0. The van der Waals surface area contributed by atoms with Gasteiger partial charge in [-0.15, -0.1) is 0 Å². The highest BCUT2D eigenvalue weighted by molar-refractivity contribution is 5.39. The number of rotatable bonds is 3. The minimum Gasteiger partial charge on any atom is -0.325 e. The summed E-state index contributed by atoms with van der Waals surface area (Å²) in [5, 5.41) is 1.64. The molecule has 0 amide bonds. The van der Waals surface area contributed by atoms with Gasteiger partial charge >= 0.3 is 0 Å². The molecule has 0 aromatic carbocycles. The number of H-pyrrole nitrogens is 1. The first-order valence-electron chi connectivity index (χ1n) is 5.48. The molecule has 1 aromatic heterocycles. The largest absolute Gasteiger partial charge is 0.325 e. The van der Waals surface area contributed by atoms with Gasteiger partial charge in [-0.3, -0.25) is 4.79 Å². The Morgan fingerprint density at radius 3 is 2.81 bits per heavy atom. The van der Waals surface area contributed by atoms with Gasteiger partial charge in [0.1, 0.15) is 0 Å². The third-order valence-corrected chi connectivity index (χ3v) is 2.26. The second-order valence-corrected chi connectivity index (χ2v) is 3.50. The van der Waals surface area contributed by atoms with E-state index in [1.807, 2.05) is 44.2 Å².